The number of amides is 1. The fourth-order valence-electron chi connectivity index (χ4n) is 2.83. The number of nitrogens with zero attached hydrogens (tertiary/aromatic N) is 2. The maximum Gasteiger partial charge on any atom is 0.227 e. The summed E-state index contributed by atoms with van der Waals surface area (Å²) >= 11 is 0. The van der Waals surface area contributed by atoms with Gasteiger partial charge in [0.25, 0.3) is 0 Å². The third kappa shape index (κ3) is 3.06. The average molecular weight is 294 g/mol. The molecule has 3 rings (SSSR count). The topological polar surface area (TPSA) is 50.3 Å². The van der Waals surface area contributed by atoms with Gasteiger partial charge < -0.3 is 4.90 Å². The van der Waals surface area contributed by atoms with Crippen LogP contribution in [0.5, 0.6) is 0 Å². The number of rotatable bonds is 4. The number of carbonyl (C=O) groups excluding carboxylic acids is 2. The minimum Gasteiger partial charge on any atom is -0.312 e. The van der Waals surface area contributed by atoms with Gasteiger partial charge in [-0.1, -0.05) is 18.2 Å². The Labute approximate surface area is 129 Å². The number of para-hydroxylation sites is 1. The van der Waals surface area contributed by atoms with Gasteiger partial charge in [-0.05, 0) is 43.5 Å². The first-order valence-electron chi connectivity index (χ1n) is 7.45. The van der Waals surface area contributed by atoms with E-state index in [9.17, 15) is 9.59 Å². The minimum absolute atomic E-state index is 0.0188. The highest BCUT2D eigenvalue weighted by molar-refractivity contribution is 5.95. The second-order valence-corrected chi connectivity index (χ2v) is 5.71. The highest BCUT2D eigenvalue weighted by Gasteiger charge is 2.30. The van der Waals surface area contributed by atoms with E-state index < -0.39 is 0 Å². The van der Waals surface area contributed by atoms with Crippen LogP contribution in [0.1, 0.15) is 29.4 Å². The van der Waals surface area contributed by atoms with E-state index in [4.69, 9.17) is 0 Å². The molecule has 1 aromatic carbocycles. The molecule has 1 aliphatic heterocycles. The van der Waals surface area contributed by atoms with Crippen LogP contribution in [0.15, 0.2) is 48.7 Å². The van der Waals surface area contributed by atoms with Crippen molar-refractivity contribution in [1.82, 2.24) is 4.98 Å². The molecule has 2 heterocycles. The Hall–Kier alpha value is -2.49. The normalized spacial score (nSPS) is 17.8. The summed E-state index contributed by atoms with van der Waals surface area (Å²) in [7, 11) is 0. The van der Waals surface area contributed by atoms with E-state index in [1.165, 1.54) is 6.92 Å². The summed E-state index contributed by atoms with van der Waals surface area (Å²) in [6.07, 6.45) is 2.92. The molecule has 0 aliphatic carbocycles. The van der Waals surface area contributed by atoms with Crippen LogP contribution in [0.2, 0.25) is 0 Å². The van der Waals surface area contributed by atoms with Gasteiger partial charge in [0.1, 0.15) is 0 Å². The third-order valence-electron chi connectivity index (χ3n) is 4.00. The van der Waals surface area contributed by atoms with E-state index >= 15 is 0 Å². The lowest BCUT2D eigenvalue weighted by molar-refractivity contribution is -0.117. The molecule has 0 bridgehead atoms. The van der Waals surface area contributed by atoms with Crippen molar-refractivity contribution < 1.29 is 9.59 Å². The van der Waals surface area contributed by atoms with Crippen molar-refractivity contribution >= 4 is 17.4 Å². The van der Waals surface area contributed by atoms with E-state index in [1.807, 2.05) is 41.3 Å². The fraction of sp³-hybridized carbons (Fsp3) is 0.278. The van der Waals surface area contributed by atoms with Gasteiger partial charge in [-0.15, -0.1) is 0 Å². The molecule has 4 heteroatoms. The van der Waals surface area contributed by atoms with Crippen LogP contribution in [-0.4, -0.2) is 23.2 Å². The highest BCUT2D eigenvalue weighted by atomic mass is 16.2. The van der Waals surface area contributed by atoms with Crippen LogP contribution in [0, 0.1) is 5.92 Å². The molecule has 0 saturated carbocycles. The molecule has 0 spiro atoms. The molecule has 112 valence electrons. The third-order valence-corrected chi connectivity index (χ3v) is 4.00. The Balaban J connectivity index is 1.67. The predicted molar refractivity (Wildman–Crippen MR) is 84.8 cm³/mol. The first kappa shape index (κ1) is 14.4. The minimum atomic E-state index is 0.0188. The molecule has 1 unspecified atom stereocenters. The van der Waals surface area contributed by atoms with Gasteiger partial charge in [0.15, 0.2) is 5.78 Å². The Morgan fingerprint density at radius 3 is 2.64 bits per heavy atom. The Morgan fingerprint density at radius 2 is 2.00 bits per heavy atom. The van der Waals surface area contributed by atoms with Gasteiger partial charge in [0, 0.05) is 36.1 Å². The lowest BCUT2D eigenvalue weighted by atomic mass is 10.0. The number of hydrogen-bond acceptors (Lipinski definition) is 3. The number of carbonyl (C=O) groups is 2. The molecule has 22 heavy (non-hydrogen) atoms. The smallest absolute Gasteiger partial charge is 0.227 e. The second kappa shape index (κ2) is 6.10. The van der Waals surface area contributed by atoms with Crippen molar-refractivity contribution in [2.24, 2.45) is 5.92 Å². The number of anilines is 1. The molecule has 1 amide bonds. The number of aromatic nitrogens is 1. The van der Waals surface area contributed by atoms with E-state index in [-0.39, 0.29) is 17.6 Å². The molecule has 1 atom stereocenters. The summed E-state index contributed by atoms with van der Waals surface area (Å²) in [5, 5.41) is 0. The molecule has 4 nitrogen and oxygen atoms in total. The van der Waals surface area contributed by atoms with Gasteiger partial charge in [-0.25, -0.2) is 0 Å². The molecule has 1 aliphatic rings. The summed E-state index contributed by atoms with van der Waals surface area (Å²) in [6, 6.07) is 13.4. The first-order chi connectivity index (χ1) is 10.6. The molecule has 0 radical (unpaired) electrons. The van der Waals surface area contributed by atoms with E-state index in [0.717, 1.165) is 24.3 Å². The maximum atomic E-state index is 12.2. The molecule has 1 saturated heterocycles. The molecule has 2 aromatic rings. The van der Waals surface area contributed by atoms with E-state index in [2.05, 4.69) is 4.98 Å². The Morgan fingerprint density at radius 1 is 1.23 bits per heavy atom. The Kier molecular flexibility index (Phi) is 4.00. The monoisotopic (exact) mass is 294 g/mol. The van der Waals surface area contributed by atoms with Crippen molar-refractivity contribution in [3.8, 4) is 0 Å². The van der Waals surface area contributed by atoms with Crippen LogP contribution in [0.3, 0.4) is 0 Å². The zero-order chi connectivity index (χ0) is 15.5. The fourth-order valence-corrected chi connectivity index (χ4v) is 2.83. The summed E-state index contributed by atoms with van der Waals surface area (Å²) in [5.41, 5.74) is 2.50. The SMILES string of the molecule is CC(=O)c1ccc(CC2CC(=O)N(c3ccccc3)C2)nc1. The van der Waals surface area contributed by atoms with Crippen LogP contribution in [0.25, 0.3) is 0 Å². The molecule has 1 aromatic heterocycles. The first-order valence-corrected chi connectivity index (χ1v) is 7.45. The highest BCUT2D eigenvalue weighted by Crippen LogP contribution is 2.26. The maximum absolute atomic E-state index is 12.2. The van der Waals surface area contributed by atoms with Gasteiger partial charge in [0.05, 0.1) is 0 Å². The van der Waals surface area contributed by atoms with Crippen molar-refractivity contribution in [2.75, 3.05) is 11.4 Å². The van der Waals surface area contributed by atoms with Crippen molar-refractivity contribution in [3.05, 3.63) is 59.9 Å². The average Bonchev–Trinajstić information content (AvgIpc) is 2.89. The van der Waals surface area contributed by atoms with Gasteiger partial charge in [-0.3, -0.25) is 14.6 Å². The molecular weight excluding hydrogens is 276 g/mol. The number of pyridine rings is 1. The molecular formula is C18H18N2O2. The quantitative estimate of drug-likeness (QED) is 0.815. The van der Waals surface area contributed by atoms with Crippen LogP contribution >= 0.6 is 0 Å². The number of benzene rings is 1. The van der Waals surface area contributed by atoms with Gasteiger partial charge in [0.2, 0.25) is 5.91 Å². The summed E-state index contributed by atoms with van der Waals surface area (Å²) in [5.74, 6) is 0.449. The molecule has 1 fully saturated rings. The van der Waals surface area contributed by atoms with E-state index in [0.29, 0.717) is 12.0 Å². The zero-order valence-electron chi connectivity index (χ0n) is 12.5. The van der Waals surface area contributed by atoms with Crippen LogP contribution in [-0.2, 0) is 11.2 Å². The van der Waals surface area contributed by atoms with Gasteiger partial charge >= 0.3 is 0 Å². The zero-order valence-corrected chi connectivity index (χ0v) is 12.5. The van der Waals surface area contributed by atoms with Crippen LogP contribution < -0.4 is 4.90 Å². The van der Waals surface area contributed by atoms with Crippen LogP contribution in [0.4, 0.5) is 5.69 Å². The second-order valence-electron chi connectivity index (χ2n) is 5.71. The van der Waals surface area contributed by atoms with Gasteiger partial charge in [-0.2, -0.15) is 0 Å². The number of ketones is 1. The number of Topliss-reactive ketones (excluding diaryl/α,β-unsaturated/α-hetero) is 1. The number of hydrogen-bond donors (Lipinski definition) is 0. The standard InChI is InChI=1S/C18H18N2O2/c1-13(21)15-7-8-16(19-11-15)9-14-10-18(22)20(12-14)17-5-3-2-4-6-17/h2-8,11,14H,9-10,12H2,1H3. The van der Waals surface area contributed by atoms with Crippen molar-refractivity contribution in [1.29, 1.82) is 0 Å². The lowest BCUT2D eigenvalue weighted by Gasteiger charge is -2.16. The van der Waals surface area contributed by atoms with Crippen molar-refractivity contribution in [3.63, 3.8) is 0 Å². The van der Waals surface area contributed by atoms with E-state index in [1.54, 1.807) is 12.3 Å². The largest absolute Gasteiger partial charge is 0.312 e. The summed E-state index contributed by atoms with van der Waals surface area (Å²) in [6.45, 7) is 2.25. The van der Waals surface area contributed by atoms with Crippen molar-refractivity contribution in [2.45, 2.75) is 19.8 Å². The predicted octanol–water partition coefficient (Wildman–Crippen LogP) is 2.88. The Bertz CT molecular complexity index is 680. The summed E-state index contributed by atoms with van der Waals surface area (Å²) < 4.78 is 0. The summed E-state index contributed by atoms with van der Waals surface area (Å²) in [4.78, 5) is 29.6. The lowest BCUT2D eigenvalue weighted by Crippen LogP contribution is -2.24. The molecule has 0 N–H and O–H groups in total.